The second-order valence-electron chi connectivity index (χ2n) is 9.43. The first-order valence-corrected chi connectivity index (χ1v) is 9.79. The minimum atomic E-state index is -1.16. The molecule has 1 aliphatic heterocycles. The number of rotatable bonds is 3. The van der Waals surface area contributed by atoms with E-state index in [0.717, 1.165) is 31.3 Å². The van der Waals surface area contributed by atoms with Crippen LogP contribution in [0.15, 0.2) is 11.1 Å². The second-order valence-corrected chi connectivity index (χ2v) is 9.43. The molecule has 0 aromatic carbocycles. The van der Waals surface area contributed by atoms with E-state index in [4.69, 9.17) is 9.47 Å². The molecule has 1 heterocycles. The molecule has 0 aromatic rings. The number of aliphatic hydroxyl groups is 1. The highest BCUT2D eigenvalue weighted by molar-refractivity contribution is 5.80. The number of aliphatic hydroxyl groups excluding tert-OH is 1. The van der Waals surface area contributed by atoms with E-state index in [9.17, 15) is 14.7 Å². The van der Waals surface area contributed by atoms with Gasteiger partial charge in [-0.2, -0.15) is 0 Å². The number of hydrogen-bond acceptors (Lipinski definition) is 5. The number of carbonyl (C=O) groups excluding carboxylic acids is 2. The highest BCUT2D eigenvalue weighted by atomic mass is 16.6. The van der Waals surface area contributed by atoms with Crippen molar-refractivity contribution < 1.29 is 24.2 Å². The maximum atomic E-state index is 12.4. The fourth-order valence-electron chi connectivity index (χ4n) is 5.89. The van der Waals surface area contributed by atoms with Gasteiger partial charge in [-0.3, -0.25) is 9.59 Å². The van der Waals surface area contributed by atoms with Crippen LogP contribution in [0.4, 0.5) is 0 Å². The lowest BCUT2D eigenvalue weighted by Crippen LogP contribution is -2.40. The van der Waals surface area contributed by atoms with Crippen LogP contribution in [-0.2, 0) is 19.1 Å². The van der Waals surface area contributed by atoms with Crippen molar-refractivity contribution >= 4 is 11.9 Å². The van der Waals surface area contributed by atoms with Gasteiger partial charge in [0.15, 0.2) is 0 Å². The molecule has 0 radical (unpaired) electrons. The zero-order chi connectivity index (χ0) is 19.3. The van der Waals surface area contributed by atoms with Crippen LogP contribution >= 0.6 is 0 Å². The Balaban J connectivity index is 2.10. The molecule has 3 aliphatic rings. The summed E-state index contributed by atoms with van der Waals surface area (Å²) in [6, 6.07) is 0. The normalized spacial score (nSPS) is 37.8. The third kappa shape index (κ3) is 3.19. The van der Waals surface area contributed by atoms with Crippen LogP contribution in [-0.4, -0.2) is 30.4 Å². The summed E-state index contributed by atoms with van der Waals surface area (Å²) in [6.07, 6.45) is 4.79. The minimum absolute atomic E-state index is 0.0182. The van der Waals surface area contributed by atoms with Crippen molar-refractivity contribution in [2.24, 2.45) is 28.6 Å². The second kappa shape index (κ2) is 6.66. The summed E-state index contributed by atoms with van der Waals surface area (Å²) in [6.45, 7) is 8.72. The van der Waals surface area contributed by atoms with Gasteiger partial charge in [0.25, 0.3) is 0 Å². The molecule has 3 rings (SSSR count). The van der Waals surface area contributed by atoms with Gasteiger partial charge in [-0.05, 0) is 55.4 Å². The van der Waals surface area contributed by atoms with Gasteiger partial charge in [0.2, 0.25) is 6.29 Å². The fourth-order valence-corrected chi connectivity index (χ4v) is 5.89. The van der Waals surface area contributed by atoms with Crippen LogP contribution in [0, 0.1) is 28.6 Å². The number of fused-ring (bicyclic) bond motifs is 1. The van der Waals surface area contributed by atoms with Gasteiger partial charge < -0.3 is 14.6 Å². The number of carbonyl (C=O) groups is 2. The summed E-state index contributed by atoms with van der Waals surface area (Å²) >= 11 is 0. The topological polar surface area (TPSA) is 72.8 Å². The van der Waals surface area contributed by atoms with E-state index < -0.39 is 18.1 Å². The van der Waals surface area contributed by atoms with Crippen molar-refractivity contribution in [3.05, 3.63) is 11.1 Å². The van der Waals surface area contributed by atoms with Gasteiger partial charge in [-0.25, -0.2) is 0 Å². The number of hydrogen-bond donors (Lipinski definition) is 1. The first-order valence-electron chi connectivity index (χ1n) is 9.79. The Morgan fingerprint density at radius 3 is 2.62 bits per heavy atom. The smallest absolute Gasteiger partial charge is 0.312 e. The molecule has 0 bridgehead atoms. The molecule has 146 valence electrons. The number of ether oxygens (including phenoxy) is 2. The van der Waals surface area contributed by atoms with Crippen molar-refractivity contribution in [1.82, 2.24) is 0 Å². The zero-order valence-electron chi connectivity index (χ0n) is 16.6. The van der Waals surface area contributed by atoms with Crippen LogP contribution in [0.3, 0.4) is 0 Å². The predicted molar refractivity (Wildman–Crippen MR) is 96.9 cm³/mol. The van der Waals surface area contributed by atoms with Crippen LogP contribution in [0.5, 0.6) is 0 Å². The molecular formula is C21H32O5. The average molecular weight is 364 g/mol. The summed E-state index contributed by atoms with van der Waals surface area (Å²) in [5.74, 6) is -1.92. The van der Waals surface area contributed by atoms with Gasteiger partial charge in [-0.15, -0.1) is 0 Å². The number of cyclic esters (lactones) is 1. The highest BCUT2D eigenvalue weighted by Gasteiger charge is 2.53. The Hall–Kier alpha value is -1.36. The van der Waals surface area contributed by atoms with E-state index >= 15 is 0 Å². The van der Waals surface area contributed by atoms with Crippen molar-refractivity contribution in [2.75, 3.05) is 7.11 Å². The molecule has 5 nitrogen and oxygen atoms in total. The maximum absolute atomic E-state index is 12.4. The van der Waals surface area contributed by atoms with Gasteiger partial charge in [-0.1, -0.05) is 32.8 Å². The SMILES string of the molecule is COC(=O)C(C)C1=C([C@@]2(C)CCCC(C)(C)C2)CCC2C(=O)O[C@@H](O)C12. The Morgan fingerprint density at radius 1 is 1.31 bits per heavy atom. The third-order valence-corrected chi connectivity index (χ3v) is 6.89. The first-order chi connectivity index (χ1) is 12.1. The lowest BCUT2D eigenvalue weighted by Gasteiger charge is -2.48. The lowest BCUT2D eigenvalue weighted by molar-refractivity contribution is -0.156. The van der Waals surface area contributed by atoms with Crippen molar-refractivity contribution in [3.63, 3.8) is 0 Å². The molecule has 26 heavy (non-hydrogen) atoms. The quantitative estimate of drug-likeness (QED) is 0.612. The minimum Gasteiger partial charge on any atom is -0.469 e. The number of methoxy groups -OCH3 is 1. The molecule has 1 N–H and O–H groups in total. The van der Waals surface area contributed by atoms with Crippen LogP contribution in [0.1, 0.15) is 66.2 Å². The van der Waals surface area contributed by atoms with Crippen LogP contribution in [0.25, 0.3) is 0 Å². The Morgan fingerprint density at radius 2 is 2.00 bits per heavy atom. The van der Waals surface area contributed by atoms with Crippen molar-refractivity contribution in [2.45, 2.75) is 72.5 Å². The monoisotopic (exact) mass is 364 g/mol. The van der Waals surface area contributed by atoms with E-state index in [1.54, 1.807) is 0 Å². The van der Waals surface area contributed by atoms with Crippen LogP contribution < -0.4 is 0 Å². The summed E-state index contributed by atoms with van der Waals surface area (Å²) in [5.41, 5.74) is 2.38. The molecule has 0 amide bonds. The molecule has 5 atom stereocenters. The predicted octanol–water partition coefficient (Wildman–Crippen LogP) is 3.60. The van der Waals surface area contributed by atoms with Gasteiger partial charge in [0.05, 0.1) is 24.9 Å². The Kier molecular flexibility index (Phi) is 4.97. The van der Waals surface area contributed by atoms with Crippen molar-refractivity contribution in [3.8, 4) is 0 Å². The first kappa shape index (κ1) is 19.4. The van der Waals surface area contributed by atoms with Gasteiger partial charge in [0.1, 0.15) is 0 Å². The van der Waals surface area contributed by atoms with E-state index in [-0.39, 0.29) is 28.7 Å². The summed E-state index contributed by atoms with van der Waals surface area (Å²) in [4.78, 5) is 24.6. The molecule has 0 aromatic heterocycles. The molecule has 3 unspecified atom stereocenters. The number of allylic oxidation sites excluding steroid dienone is 1. The highest BCUT2D eigenvalue weighted by Crippen LogP contribution is 2.56. The standard InChI is InChI=1S/C21H32O5/c1-12(17(22)25-5)15-14(21(4)10-6-9-20(2,3)11-21)8-7-13-16(15)19(24)26-18(13)23/h12-13,16,19,24H,6-11H2,1-5H3/t12?,13?,16?,19-,21+/m1/s1. The summed E-state index contributed by atoms with van der Waals surface area (Å²) in [7, 11) is 1.39. The average Bonchev–Trinajstić information content (AvgIpc) is 2.86. The molecule has 5 heteroatoms. The maximum Gasteiger partial charge on any atom is 0.312 e. The molecule has 2 aliphatic carbocycles. The number of esters is 2. The molecule has 1 saturated heterocycles. The fraction of sp³-hybridized carbons (Fsp3) is 0.810. The Labute approximate surface area is 156 Å². The van der Waals surface area contributed by atoms with Gasteiger partial charge >= 0.3 is 11.9 Å². The van der Waals surface area contributed by atoms with Gasteiger partial charge in [0, 0.05) is 0 Å². The van der Waals surface area contributed by atoms with E-state index in [2.05, 4.69) is 20.8 Å². The zero-order valence-corrected chi connectivity index (χ0v) is 16.6. The Bertz CT molecular complexity index is 634. The van der Waals surface area contributed by atoms with E-state index in [1.807, 2.05) is 6.92 Å². The molecule has 0 spiro atoms. The summed E-state index contributed by atoms with van der Waals surface area (Å²) < 4.78 is 10.1. The molecule has 2 fully saturated rings. The largest absolute Gasteiger partial charge is 0.469 e. The van der Waals surface area contributed by atoms with E-state index in [1.165, 1.54) is 19.1 Å². The third-order valence-electron chi connectivity index (χ3n) is 6.89. The molecular weight excluding hydrogens is 332 g/mol. The lowest BCUT2D eigenvalue weighted by atomic mass is 9.56. The van der Waals surface area contributed by atoms with Crippen molar-refractivity contribution in [1.29, 1.82) is 0 Å². The molecule has 1 saturated carbocycles. The summed E-state index contributed by atoms with van der Waals surface area (Å²) in [5, 5.41) is 10.4. The van der Waals surface area contributed by atoms with E-state index in [0.29, 0.717) is 6.42 Å². The van der Waals surface area contributed by atoms with Crippen LogP contribution in [0.2, 0.25) is 0 Å².